The van der Waals surface area contributed by atoms with Gasteiger partial charge in [0, 0.05) is 12.1 Å². The molecule has 2 fully saturated rings. The van der Waals surface area contributed by atoms with Crippen molar-refractivity contribution in [1.82, 2.24) is 8.61 Å². The highest BCUT2D eigenvalue weighted by molar-refractivity contribution is 7.89. The lowest BCUT2D eigenvalue weighted by molar-refractivity contribution is -0.118. The van der Waals surface area contributed by atoms with E-state index in [1.165, 1.54) is 32.9 Å². The highest BCUT2D eigenvalue weighted by Gasteiger charge is 2.47. The van der Waals surface area contributed by atoms with Crippen LogP contribution in [0.4, 0.5) is 0 Å². The van der Waals surface area contributed by atoms with Gasteiger partial charge >= 0.3 is 0 Å². The molecule has 0 unspecified atom stereocenters. The third-order valence-corrected chi connectivity index (χ3v) is 9.57. The quantitative estimate of drug-likeness (QED) is 0.716. The Labute approximate surface area is 177 Å². The zero-order valence-corrected chi connectivity index (χ0v) is 18.1. The summed E-state index contributed by atoms with van der Waals surface area (Å²) in [5, 5.41) is 0. The molecule has 160 valence electrons. The van der Waals surface area contributed by atoms with Crippen LogP contribution in [0.1, 0.15) is 25.7 Å². The molecule has 2 aromatic rings. The maximum atomic E-state index is 13.4. The number of nitrogens with zero attached hydrogens (tertiary/aromatic N) is 2. The molecule has 0 amide bonds. The topological polar surface area (TPSA) is 91.8 Å². The molecule has 0 aromatic heterocycles. The van der Waals surface area contributed by atoms with Gasteiger partial charge in [-0.1, -0.05) is 49.2 Å². The van der Waals surface area contributed by atoms with Crippen molar-refractivity contribution in [2.45, 2.75) is 47.6 Å². The molecule has 1 aliphatic heterocycles. The van der Waals surface area contributed by atoms with Crippen LogP contribution in [0, 0.1) is 0 Å². The van der Waals surface area contributed by atoms with Crippen molar-refractivity contribution in [3.63, 3.8) is 0 Å². The fourth-order valence-corrected chi connectivity index (χ4v) is 7.75. The molecule has 0 radical (unpaired) electrons. The summed E-state index contributed by atoms with van der Waals surface area (Å²) in [4.78, 5) is 13.0. The molecule has 2 aromatic carbocycles. The molecule has 4 rings (SSSR count). The maximum absolute atomic E-state index is 13.4. The second-order valence-electron chi connectivity index (χ2n) is 7.68. The Balaban J connectivity index is 1.78. The summed E-state index contributed by atoms with van der Waals surface area (Å²) in [6, 6.07) is 14.9. The normalized spacial score (nSPS) is 24.2. The third-order valence-electron chi connectivity index (χ3n) is 5.80. The van der Waals surface area contributed by atoms with Gasteiger partial charge in [-0.3, -0.25) is 4.79 Å². The second-order valence-corrected chi connectivity index (χ2v) is 11.5. The van der Waals surface area contributed by atoms with E-state index in [-0.39, 0.29) is 22.9 Å². The Morgan fingerprint density at radius 2 is 1.00 bits per heavy atom. The van der Waals surface area contributed by atoms with Crippen molar-refractivity contribution in [3.05, 3.63) is 60.7 Å². The van der Waals surface area contributed by atoms with E-state index >= 15 is 0 Å². The van der Waals surface area contributed by atoms with Gasteiger partial charge < -0.3 is 0 Å². The van der Waals surface area contributed by atoms with Crippen LogP contribution in [0.5, 0.6) is 0 Å². The Hall–Kier alpha value is -2.07. The first kappa shape index (κ1) is 21.2. The van der Waals surface area contributed by atoms with E-state index in [1.807, 2.05) is 0 Å². The van der Waals surface area contributed by atoms with Crippen LogP contribution in [0.2, 0.25) is 0 Å². The molecule has 2 atom stereocenters. The first-order chi connectivity index (χ1) is 14.3. The number of sulfonamides is 2. The van der Waals surface area contributed by atoms with Gasteiger partial charge in [0.05, 0.1) is 22.9 Å². The number of fused-ring (bicyclic) bond motifs is 1. The van der Waals surface area contributed by atoms with Gasteiger partial charge in [-0.2, -0.15) is 8.61 Å². The number of carbonyl (C=O) groups is 1. The van der Waals surface area contributed by atoms with Crippen LogP contribution in [0.15, 0.2) is 70.5 Å². The van der Waals surface area contributed by atoms with E-state index in [9.17, 15) is 21.6 Å². The van der Waals surface area contributed by atoms with Gasteiger partial charge in [0.1, 0.15) is 0 Å². The van der Waals surface area contributed by atoms with Crippen molar-refractivity contribution >= 4 is 25.8 Å². The number of hydrogen-bond donors (Lipinski definition) is 0. The number of benzene rings is 2. The van der Waals surface area contributed by atoms with Crippen molar-refractivity contribution in [1.29, 1.82) is 0 Å². The molecule has 9 heteroatoms. The number of Topliss-reactive ketones (excluding diaryl/α,β-unsaturated/α-hetero) is 1. The molecule has 7 nitrogen and oxygen atoms in total. The summed E-state index contributed by atoms with van der Waals surface area (Å²) < 4.78 is 56.0. The van der Waals surface area contributed by atoms with Crippen LogP contribution in [-0.4, -0.2) is 56.4 Å². The fraction of sp³-hybridized carbons (Fsp3) is 0.381. The predicted molar refractivity (Wildman–Crippen MR) is 112 cm³/mol. The van der Waals surface area contributed by atoms with Crippen LogP contribution < -0.4 is 0 Å². The number of ketones is 1. The predicted octanol–water partition coefficient (Wildman–Crippen LogP) is 2.26. The zero-order chi connectivity index (χ0) is 21.4. The molecule has 30 heavy (non-hydrogen) atoms. The Bertz CT molecular complexity index is 1030. The first-order valence-corrected chi connectivity index (χ1v) is 12.9. The average molecular weight is 449 g/mol. The van der Waals surface area contributed by atoms with Crippen molar-refractivity contribution < 1.29 is 21.6 Å². The van der Waals surface area contributed by atoms with E-state index in [2.05, 4.69) is 0 Å². The molecule has 1 aliphatic carbocycles. The summed E-state index contributed by atoms with van der Waals surface area (Å²) in [6.45, 7) is -0.640. The standard InChI is InChI=1S/C21H24N2O5S2/c24-17-15-22(29(25,26)18-9-3-1-4-10-18)20-13-7-8-14-21(20)23(16-17)30(27,28)19-11-5-2-6-12-19/h1-6,9-12,20-21H,7-8,13-16H2/t20-,21-/m1/s1. The van der Waals surface area contributed by atoms with Gasteiger partial charge in [-0.25, -0.2) is 16.8 Å². The number of rotatable bonds is 4. The van der Waals surface area contributed by atoms with Gasteiger partial charge in [-0.15, -0.1) is 0 Å². The molecular weight excluding hydrogens is 424 g/mol. The summed E-state index contributed by atoms with van der Waals surface area (Å²) in [5.74, 6) is -0.427. The minimum absolute atomic E-state index is 0.112. The van der Waals surface area contributed by atoms with E-state index in [1.54, 1.807) is 36.4 Å². The molecule has 0 bridgehead atoms. The average Bonchev–Trinajstić information content (AvgIpc) is 2.92. The molecule has 1 saturated carbocycles. The fourth-order valence-electron chi connectivity index (χ4n) is 4.38. The summed E-state index contributed by atoms with van der Waals surface area (Å²) in [7, 11) is -7.86. The maximum Gasteiger partial charge on any atom is 0.243 e. The van der Waals surface area contributed by atoms with Crippen molar-refractivity contribution in [2.24, 2.45) is 0 Å². The monoisotopic (exact) mass is 448 g/mol. The lowest BCUT2D eigenvalue weighted by Crippen LogP contribution is -2.54. The summed E-state index contributed by atoms with van der Waals surface area (Å²) in [6.07, 6.45) is 2.61. The van der Waals surface area contributed by atoms with E-state index in [0.717, 1.165) is 12.8 Å². The van der Waals surface area contributed by atoms with Crippen LogP contribution >= 0.6 is 0 Å². The van der Waals surface area contributed by atoms with Crippen molar-refractivity contribution in [3.8, 4) is 0 Å². The highest BCUT2D eigenvalue weighted by Crippen LogP contribution is 2.35. The van der Waals surface area contributed by atoms with Crippen LogP contribution in [0.3, 0.4) is 0 Å². The van der Waals surface area contributed by atoms with E-state index < -0.39 is 37.9 Å². The van der Waals surface area contributed by atoms with E-state index in [4.69, 9.17) is 0 Å². The lowest BCUT2D eigenvalue weighted by atomic mass is 9.90. The highest BCUT2D eigenvalue weighted by atomic mass is 32.2. The number of carbonyl (C=O) groups excluding carboxylic acids is 1. The molecule has 0 N–H and O–H groups in total. The van der Waals surface area contributed by atoms with E-state index in [0.29, 0.717) is 12.8 Å². The molecule has 1 saturated heterocycles. The van der Waals surface area contributed by atoms with Gasteiger partial charge in [-0.05, 0) is 37.1 Å². The first-order valence-electron chi connectivity index (χ1n) is 9.97. The molecule has 0 spiro atoms. The Morgan fingerprint density at radius 1 is 0.633 bits per heavy atom. The minimum Gasteiger partial charge on any atom is -0.297 e. The molecular formula is C21H24N2O5S2. The molecule has 1 heterocycles. The van der Waals surface area contributed by atoms with Gasteiger partial charge in [0.2, 0.25) is 20.0 Å². The minimum atomic E-state index is -3.93. The second kappa shape index (κ2) is 8.22. The summed E-state index contributed by atoms with van der Waals surface area (Å²) >= 11 is 0. The largest absolute Gasteiger partial charge is 0.297 e. The lowest BCUT2D eigenvalue weighted by Gasteiger charge is -2.40. The zero-order valence-electron chi connectivity index (χ0n) is 16.4. The van der Waals surface area contributed by atoms with Gasteiger partial charge in [0.25, 0.3) is 0 Å². The Morgan fingerprint density at radius 3 is 1.37 bits per heavy atom. The van der Waals surface area contributed by atoms with Gasteiger partial charge in [0.15, 0.2) is 5.78 Å². The summed E-state index contributed by atoms with van der Waals surface area (Å²) in [5.41, 5.74) is 0. The third kappa shape index (κ3) is 3.82. The molecule has 2 aliphatic rings. The SMILES string of the molecule is O=C1CN(S(=O)(=O)c2ccccc2)[C@@H]2CCCC[C@H]2N(S(=O)(=O)c2ccccc2)C1. The van der Waals surface area contributed by atoms with Crippen molar-refractivity contribution in [2.75, 3.05) is 13.1 Å². The van der Waals surface area contributed by atoms with Crippen LogP contribution in [0.25, 0.3) is 0 Å². The number of hydrogen-bond acceptors (Lipinski definition) is 5. The Kier molecular flexibility index (Phi) is 5.80. The smallest absolute Gasteiger partial charge is 0.243 e. The van der Waals surface area contributed by atoms with Crippen LogP contribution in [-0.2, 0) is 24.8 Å².